The van der Waals surface area contributed by atoms with E-state index in [0.29, 0.717) is 13.2 Å². The highest BCUT2D eigenvalue weighted by Crippen LogP contribution is 2.29. The van der Waals surface area contributed by atoms with Crippen molar-refractivity contribution in [2.45, 2.75) is 9.79 Å². The quantitative estimate of drug-likeness (QED) is 0.684. The van der Waals surface area contributed by atoms with Crippen LogP contribution in [0.4, 0.5) is 5.69 Å². The maximum absolute atomic E-state index is 11.8. The number of amides is 1. The van der Waals surface area contributed by atoms with E-state index in [1.54, 1.807) is 26.0 Å². The van der Waals surface area contributed by atoms with E-state index in [1.165, 1.54) is 0 Å². The van der Waals surface area contributed by atoms with Gasteiger partial charge in [-0.1, -0.05) is 11.8 Å². The van der Waals surface area contributed by atoms with E-state index in [9.17, 15) is 4.79 Å². The minimum atomic E-state index is -0.0679. The van der Waals surface area contributed by atoms with E-state index in [2.05, 4.69) is 10.6 Å². The van der Waals surface area contributed by atoms with E-state index >= 15 is 0 Å². The first-order valence-electron chi connectivity index (χ1n) is 7.63. The van der Waals surface area contributed by atoms with Crippen molar-refractivity contribution >= 4 is 23.4 Å². The Morgan fingerprint density at radius 1 is 1.00 bits per heavy atom. The van der Waals surface area contributed by atoms with Crippen LogP contribution in [-0.2, 0) is 9.53 Å². The molecule has 0 heterocycles. The molecule has 2 aromatic rings. The number of anilines is 1. The van der Waals surface area contributed by atoms with Crippen LogP contribution in [0, 0.1) is 0 Å². The molecule has 2 rings (SSSR count). The van der Waals surface area contributed by atoms with Gasteiger partial charge in [-0.3, -0.25) is 4.79 Å². The molecule has 0 radical (unpaired) electrons. The van der Waals surface area contributed by atoms with Gasteiger partial charge in [0.15, 0.2) is 0 Å². The summed E-state index contributed by atoms with van der Waals surface area (Å²) in [6.07, 6.45) is 0. The molecule has 0 aromatic heterocycles. The van der Waals surface area contributed by atoms with Gasteiger partial charge in [-0.25, -0.2) is 0 Å². The summed E-state index contributed by atoms with van der Waals surface area (Å²) < 4.78 is 10.1. The predicted octanol–water partition coefficient (Wildman–Crippen LogP) is 3.02. The number of carbonyl (C=O) groups is 1. The molecule has 6 heteroatoms. The molecule has 0 unspecified atom stereocenters. The van der Waals surface area contributed by atoms with Gasteiger partial charge in [0.2, 0.25) is 5.91 Å². The van der Waals surface area contributed by atoms with Crippen molar-refractivity contribution in [3.8, 4) is 5.75 Å². The third kappa shape index (κ3) is 6.23. The minimum absolute atomic E-state index is 0.0679. The van der Waals surface area contributed by atoms with Crippen LogP contribution in [0.15, 0.2) is 58.3 Å². The molecule has 0 bridgehead atoms. The maximum Gasteiger partial charge on any atom is 0.238 e. The molecule has 5 nitrogen and oxygen atoms in total. The topological polar surface area (TPSA) is 59.6 Å². The highest BCUT2D eigenvalue weighted by molar-refractivity contribution is 7.99. The van der Waals surface area contributed by atoms with Gasteiger partial charge in [0.1, 0.15) is 5.75 Å². The summed E-state index contributed by atoms with van der Waals surface area (Å²) >= 11 is 1.66. The molecule has 2 N–H and O–H groups in total. The van der Waals surface area contributed by atoms with Crippen molar-refractivity contribution in [3.63, 3.8) is 0 Å². The van der Waals surface area contributed by atoms with Crippen LogP contribution in [0.1, 0.15) is 0 Å². The molecule has 0 spiro atoms. The van der Waals surface area contributed by atoms with Crippen molar-refractivity contribution in [2.24, 2.45) is 0 Å². The average molecular weight is 346 g/mol. The smallest absolute Gasteiger partial charge is 0.238 e. The Bertz CT molecular complexity index is 630. The Hall–Kier alpha value is -2.02. The highest BCUT2D eigenvalue weighted by atomic mass is 32.2. The zero-order valence-corrected chi connectivity index (χ0v) is 14.7. The lowest BCUT2D eigenvalue weighted by Gasteiger charge is -2.08. The van der Waals surface area contributed by atoms with Gasteiger partial charge < -0.3 is 20.1 Å². The Morgan fingerprint density at radius 3 is 2.21 bits per heavy atom. The molecule has 0 aliphatic rings. The normalized spacial score (nSPS) is 10.4. The highest BCUT2D eigenvalue weighted by Gasteiger charge is 2.03. The number of rotatable bonds is 9. The first-order chi connectivity index (χ1) is 11.7. The van der Waals surface area contributed by atoms with E-state index in [-0.39, 0.29) is 12.5 Å². The Labute approximate surface area is 146 Å². The lowest BCUT2D eigenvalue weighted by atomic mass is 10.3. The fourth-order valence-electron chi connectivity index (χ4n) is 1.97. The summed E-state index contributed by atoms with van der Waals surface area (Å²) in [5.74, 6) is 0.776. The lowest BCUT2D eigenvalue weighted by molar-refractivity contribution is -0.115. The Kier molecular flexibility index (Phi) is 7.61. The van der Waals surface area contributed by atoms with Crippen molar-refractivity contribution in [1.82, 2.24) is 5.32 Å². The number of hydrogen-bond donors (Lipinski definition) is 2. The van der Waals surface area contributed by atoms with Gasteiger partial charge in [0, 0.05) is 29.1 Å². The maximum atomic E-state index is 11.8. The zero-order chi connectivity index (χ0) is 17.2. The Balaban J connectivity index is 1.82. The van der Waals surface area contributed by atoms with E-state index < -0.39 is 0 Å². The molecule has 2 aromatic carbocycles. The molecule has 0 aliphatic carbocycles. The molecule has 0 aliphatic heterocycles. The summed E-state index contributed by atoms with van der Waals surface area (Å²) in [6, 6.07) is 15.7. The van der Waals surface area contributed by atoms with E-state index in [0.717, 1.165) is 21.2 Å². The molecule has 0 saturated heterocycles. The third-order valence-corrected chi connectivity index (χ3v) is 4.22. The zero-order valence-electron chi connectivity index (χ0n) is 13.9. The van der Waals surface area contributed by atoms with Crippen LogP contribution in [0.5, 0.6) is 5.75 Å². The molecule has 0 atom stereocenters. The molecular weight excluding hydrogens is 324 g/mol. The second-order valence-corrected chi connectivity index (χ2v) is 6.17. The summed E-state index contributed by atoms with van der Waals surface area (Å²) in [4.78, 5) is 14.0. The fourth-order valence-corrected chi connectivity index (χ4v) is 2.78. The SMILES string of the molecule is COCCNCC(=O)Nc1ccc(Sc2ccc(OC)cc2)cc1. The molecule has 128 valence electrons. The average Bonchev–Trinajstić information content (AvgIpc) is 2.61. The number of ether oxygens (including phenoxy) is 2. The number of methoxy groups -OCH3 is 2. The number of benzene rings is 2. The molecular formula is C18H22N2O3S. The second-order valence-electron chi connectivity index (χ2n) is 5.02. The third-order valence-electron chi connectivity index (χ3n) is 3.20. The van der Waals surface area contributed by atoms with Crippen molar-refractivity contribution < 1.29 is 14.3 Å². The summed E-state index contributed by atoms with van der Waals surface area (Å²) in [7, 11) is 3.29. The minimum Gasteiger partial charge on any atom is -0.497 e. The lowest BCUT2D eigenvalue weighted by Crippen LogP contribution is -2.30. The van der Waals surface area contributed by atoms with E-state index in [1.807, 2.05) is 48.5 Å². The number of carbonyl (C=O) groups excluding carboxylic acids is 1. The first-order valence-corrected chi connectivity index (χ1v) is 8.44. The van der Waals surface area contributed by atoms with Gasteiger partial charge in [0.05, 0.1) is 20.3 Å². The van der Waals surface area contributed by atoms with Crippen molar-refractivity contribution in [3.05, 3.63) is 48.5 Å². The fraction of sp³-hybridized carbons (Fsp3) is 0.278. The van der Waals surface area contributed by atoms with E-state index in [4.69, 9.17) is 9.47 Å². The largest absolute Gasteiger partial charge is 0.497 e. The van der Waals surface area contributed by atoms with Crippen LogP contribution in [0.2, 0.25) is 0 Å². The monoisotopic (exact) mass is 346 g/mol. The summed E-state index contributed by atoms with van der Waals surface area (Å²) in [5, 5.41) is 5.87. The summed E-state index contributed by atoms with van der Waals surface area (Å²) in [5.41, 5.74) is 0.785. The predicted molar refractivity (Wildman–Crippen MR) is 96.9 cm³/mol. The van der Waals surface area contributed by atoms with Crippen LogP contribution in [0.3, 0.4) is 0 Å². The number of nitrogens with one attached hydrogen (secondary N) is 2. The molecule has 0 saturated carbocycles. The van der Waals surface area contributed by atoms with Gasteiger partial charge in [-0.15, -0.1) is 0 Å². The standard InChI is InChI=1S/C18H22N2O3S/c1-22-12-11-19-13-18(21)20-14-3-7-16(8-4-14)24-17-9-5-15(23-2)6-10-17/h3-10,19H,11-13H2,1-2H3,(H,20,21). The van der Waals surface area contributed by atoms with Crippen molar-refractivity contribution in [1.29, 1.82) is 0 Å². The number of hydrogen-bond acceptors (Lipinski definition) is 5. The van der Waals surface area contributed by atoms with Crippen LogP contribution >= 0.6 is 11.8 Å². The van der Waals surface area contributed by atoms with Crippen LogP contribution < -0.4 is 15.4 Å². The van der Waals surface area contributed by atoms with Crippen LogP contribution in [-0.4, -0.2) is 39.8 Å². The van der Waals surface area contributed by atoms with Gasteiger partial charge >= 0.3 is 0 Å². The van der Waals surface area contributed by atoms with Crippen molar-refractivity contribution in [2.75, 3.05) is 39.2 Å². The second kappa shape index (κ2) is 9.97. The van der Waals surface area contributed by atoms with Crippen LogP contribution in [0.25, 0.3) is 0 Å². The van der Waals surface area contributed by atoms with Gasteiger partial charge in [-0.05, 0) is 48.5 Å². The Morgan fingerprint density at radius 2 is 1.62 bits per heavy atom. The van der Waals surface area contributed by atoms with Gasteiger partial charge in [-0.2, -0.15) is 0 Å². The summed E-state index contributed by atoms with van der Waals surface area (Å²) in [6.45, 7) is 1.51. The van der Waals surface area contributed by atoms with Gasteiger partial charge in [0.25, 0.3) is 0 Å². The molecule has 1 amide bonds. The molecule has 24 heavy (non-hydrogen) atoms. The molecule has 0 fully saturated rings. The first kappa shape index (κ1) is 18.3.